The number of hydrogen-bond acceptors (Lipinski definition) is 2. The molecule has 188 valence electrons. The van der Waals surface area contributed by atoms with Gasteiger partial charge in [-0.15, -0.1) is 5.10 Å². The largest absolute Gasteiger partial charge is 0.309 e. The van der Waals surface area contributed by atoms with Crippen molar-refractivity contribution in [3.8, 4) is 34.2 Å². The van der Waals surface area contributed by atoms with Gasteiger partial charge in [0.25, 0.3) is 0 Å². The molecule has 4 heteroatoms. The molecule has 6 aromatic carbocycles. The van der Waals surface area contributed by atoms with E-state index in [2.05, 4.69) is 114 Å². The Morgan fingerprint density at radius 1 is 0.400 bits per heavy atom. The standard InChI is InChI=1S/C36H24N4/c1-3-13-25(14-4-1)35-37-36(26-15-5-2-6-16-26)40(38-35)34-24-12-19-29-30(34)20-11-23-33(29)39-31-21-9-7-17-27(31)28-18-8-10-22-32(28)39/h1-24H. The zero-order valence-electron chi connectivity index (χ0n) is 21.6. The maximum absolute atomic E-state index is 5.07. The second-order valence-corrected chi connectivity index (χ2v) is 9.92. The van der Waals surface area contributed by atoms with Crippen molar-refractivity contribution in [2.24, 2.45) is 0 Å². The minimum Gasteiger partial charge on any atom is -0.309 e. The maximum Gasteiger partial charge on any atom is 0.182 e. The van der Waals surface area contributed by atoms with Crippen molar-refractivity contribution < 1.29 is 0 Å². The first-order valence-electron chi connectivity index (χ1n) is 13.5. The van der Waals surface area contributed by atoms with Gasteiger partial charge >= 0.3 is 0 Å². The lowest BCUT2D eigenvalue weighted by Crippen LogP contribution is -2.02. The van der Waals surface area contributed by atoms with Crippen LogP contribution in [0.1, 0.15) is 0 Å². The van der Waals surface area contributed by atoms with Gasteiger partial charge in [0, 0.05) is 32.7 Å². The molecule has 8 aromatic rings. The first-order chi connectivity index (χ1) is 19.9. The smallest absolute Gasteiger partial charge is 0.182 e. The van der Waals surface area contributed by atoms with Crippen molar-refractivity contribution in [2.45, 2.75) is 0 Å². The summed E-state index contributed by atoms with van der Waals surface area (Å²) in [5, 5.41) is 9.84. The number of para-hydroxylation sites is 2. The van der Waals surface area contributed by atoms with Crippen molar-refractivity contribution in [3.05, 3.63) is 146 Å². The van der Waals surface area contributed by atoms with Crippen LogP contribution in [0.15, 0.2) is 146 Å². The van der Waals surface area contributed by atoms with E-state index in [0.29, 0.717) is 5.82 Å². The van der Waals surface area contributed by atoms with Crippen molar-refractivity contribution >= 4 is 32.6 Å². The van der Waals surface area contributed by atoms with Crippen LogP contribution in [-0.2, 0) is 0 Å². The van der Waals surface area contributed by atoms with E-state index in [1.54, 1.807) is 0 Å². The van der Waals surface area contributed by atoms with E-state index in [1.807, 2.05) is 41.1 Å². The molecule has 0 saturated carbocycles. The van der Waals surface area contributed by atoms with Crippen LogP contribution in [0.2, 0.25) is 0 Å². The zero-order chi connectivity index (χ0) is 26.5. The Balaban J connectivity index is 1.41. The third-order valence-electron chi connectivity index (χ3n) is 7.60. The second-order valence-electron chi connectivity index (χ2n) is 9.92. The van der Waals surface area contributed by atoms with Gasteiger partial charge in [-0.25, -0.2) is 9.67 Å². The van der Waals surface area contributed by atoms with Gasteiger partial charge in [0.05, 0.1) is 22.4 Å². The molecular weight excluding hydrogens is 488 g/mol. The average Bonchev–Trinajstić information content (AvgIpc) is 3.62. The predicted octanol–water partition coefficient (Wildman–Crippen LogP) is 8.85. The highest BCUT2D eigenvalue weighted by molar-refractivity contribution is 6.11. The number of fused-ring (bicyclic) bond motifs is 4. The first kappa shape index (κ1) is 22.5. The molecule has 4 nitrogen and oxygen atoms in total. The summed E-state index contributed by atoms with van der Waals surface area (Å²) >= 11 is 0. The van der Waals surface area contributed by atoms with Crippen LogP contribution in [-0.4, -0.2) is 19.3 Å². The van der Waals surface area contributed by atoms with Gasteiger partial charge < -0.3 is 4.57 Å². The Labute approximate surface area is 231 Å². The summed E-state index contributed by atoms with van der Waals surface area (Å²) in [6.45, 7) is 0. The number of benzene rings is 6. The molecule has 0 fully saturated rings. The molecule has 0 radical (unpaired) electrons. The van der Waals surface area contributed by atoms with Crippen LogP contribution >= 0.6 is 0 Å². The fraction of sp³-hybridized carbons (Fsp3) is 0. The van der Waals surface area contributed by atoms with Crippen LogP contribution in [0.4, 0.5) is 0 Å². The van der Waals surface area contributed by atoms with E-state index in [1.165, 1.54) is 21.8 Å². The Bertz CT molecular complexity index is 2100. The third kappa shape index (κ3) is 3.47. The molecule has 40 heavy (non-hydrogen) atoms. The van der Waals surface area contributed by atoms with Gasteiger partial charge in [0.1, 0.15) is 0 Å². The van der Waals surface area contributed by atoms with E-state index in [4.69, 9.17) is 10.1 Å². The zero-order valence-corrected chi connectivity index (χ0v) is 21.6. The predicted molar refractivity (Wildman–Crippen MR) is 164 cm³/mol. The van der Waals surface area contributed by atoms with Gasteiger partial charge in [-0.3, -0.25) is 0 Å². The molecule has 0 amide bonds. The molecule has 0 atom stereocenters. The van der Waals surface area contributed by atoms with Crippen LogP contribution in [0.3, 0.4) is 0 Å². The molecule has 8 rings (SSSR count). The van der Waals surface area contributed by atoms with Gasteiger partial charge in [0.15, 0.2) is 11.6 Å². The number of hydrogen-bond donors (Lipinski definition) is 0. The minimum absolute atomic E-state index is 0.704. The Morgan fingerprint density at radius 2 is 0.900 bits per heavy atom. The summed E-state index contributed by atoms with van der Waals surface area (Å²) in [6, 6.07) is 50.7. The van der Waals surface area contributed by atoms with E-state index in [0.717, 1.165) is 39.1 Å². The Morgan fingerprint density at radius 3 is 1.55 bits per heavy atom. The monoisotopic (exact) mass is 512 g/mol. The van der Waals surface area contributed by atoms with Crippen molar-refractivity contribution in [3.63, 3.8) is 0 Å². The van der Waals surface area contributed by atoms with E-state index >= 15 is 0 Å². The highest BCUT2D eigenvalue weighted by Crippen LogP contribution is 2.36. The molecule has 0 N–H and O–H groups in total. The minimum atomic E-state index is 0.704. The third-order valence-corrected chi connectivity index (χ3v) is 7.60. The summed E-state index contributed by atoms with van der Waals surface area (Å²) in [5.74, 6) is 1.52. The summed E-state index contributed by atoms with van der Waals surface area (Å²) in [6.07, 6.45) is 0. The van der Waals surface area contributed by atoms with E-state index < -0.39 is 0 Å². The molecule has 0 aliphatic carbocycles. The SMILES string of the molecule is c1ccc(-c2nc(-c3ccccc3)n(-c3cccc4c(-n5c6ccccc6c6ccccc65)cccc34)n2)cc1. The Kier molecular flexibility index (Phi) is 5.10. The van der Waals surface area contributed by atoms with Crippen LogP contribution in [0, 0.1) is 0 Å². The summed E-state index contributed by atoms with van der Waals surface area (Å²) in [7, 11) is 0. The van der Waals surface area contributed by atoms with E-state index in [-0.39, 0.29) is 0 Å². The fourth-order valence-electron chi connectivity index (χ4n) is 5.80. The van der Waals surface area contributed by atoms with Crippen molar-refractivity contribution in [1.29, 1.82) is 0 Å². The fourth-order valence-corrected chi connectivity index (χ4v) is 5.80. The lowest BCUT2D eigenvalue weighted by Gasteiger charge is -2.14. The number of nitrogens with zero attached hydrogens (tertiary/aromatic N) is 4. The summed E-state index contributed by atoms with van der Waals surface area (Å²) in [5.41, 5.74) is 6.53. The summed E-state index contributed by atoms with van der Waals surface area (Å²) in [4.78, 5) is 5.03. The topological polar surface area (TPSA) is 35.6 Å². The number of aromatic nitrogens is 4. The highest BCUT2D eigenvalue weighted by Gasteiger charge is 2.19. The molecule has 0 saturated heterocycles. The lowest BCUT2D eigenvalue weighted by atomic mass is 10.1. The molecular formula is C36H24N4. The van der Waals surface area contributed by atoms with Crippen LogP contribution < -0.4 is 0 Å². The second kappa shape index (κ2) is 9.07. The first-order valence-corrected chi connectivity index (χ1v) is 13.5. The Hall–Kier alpha value is -5.48. The van der Waals surface area contributed by atoms with Gasteiger partial charge in [-0.2, -0.15) is 0 Å². The molecule has 2 aromatic heterocycles. The quantitative estimate of drug-likeness (QED) is 0.236. The number of rotatable bonds is 4. The molecule has 0 aliphatic heterocycles. The van der Waals surface area contributed by atoms with Crippen molar-refractivity contribution in [1.82, 2.24) is 19.3 Å². The van der Waals surface area contributed by atoms with Crippen LogP contribution in [0.5, 0.6) is 0 Å². The molecule has 0 unspecified atom stereocenters. The average molecular weight is 513 g/mol. The molecule has 0 spiro atoms. The van der Waals surface area contributed by atoms with Gasteiger partial charge in [0.2, 0.25) is 0 Å². The molecule has 0 aliphatic rings. The van der Waals surface area contributed by atoms with E-state index in [9.17, 15) is 0 Å². The van der Waals surface area contributed by atoms with Crippen molar-refractivity contribution in [2.75, 3.05) is 0 Å². The highest BCUT2D eigenvalue weighted by atomic mass is 15.4. The maximum atomic E-state index is 5.07. The summed E-state index contributed by atoms with van der Waals surface area (Å²) < 4.78 is 4.38. The lowest BCUT2D eigenvalue weighted by molar-refractivity contribution is 0.897. The molecule has 0 bridgehead atoms. The normalized spacial score (nSPS) is 11.5. The van der Waals surface area contributed by atoms with Gasteiger partial charge in [-0.05, 0) is 24.3 Å². The molecule has 2 heterocycles. The van der Waals surface area contributed by atoms with Crippen LogP contribution in [0.25, 0.3) is 66.7 Å². The van der Waals surface area contributed by atoms with Gasteiger partial charge in [-0.1, -0.05) is 121 Å².